The maximum absolute atomic E-state index is 13.1. The lowest BCUT2D eigenvalue weighted by molar-refractivity contribution is -0.117. The molecule has 1 unspecified atom stereocenters. The van der Waals surface area contributed by atoms with E-state index in [0.29, 0.717) is 12.5 Å². The minimum atomic E-state index is -0.583. The topological polar surface area (TPSA) is 53.0 Å². The van der Waals surface area contributed by atoms with E-state index >= 15 is 0 Å². The molecule has 29 heavy (non-hydrogen) atoms. The highest BCUT2D eigenvalue weighted by molar-refractivity contribution is 5.65. The highest BCUT2D eigenvalue weighted by atomic mass is 19.1. The zero-order valence-electron chi connectivity index (χ0n) is 16.4. The summed E-state index contributed by atoms with van der Waals surface area (Å²) in [6.45, 7) is 3.49. The van der Waals surface area contributed by atoms with Gasteiger partial charge in [0.05, 0.1) is 6.10 Å². The molecule has 1 N–H and O–H groups in total. The van der Waals surface area contributed by atoms with Crippen molar-refractivity contribution in [1.29, 1.82) is 0 Å². The van der Waals surface area contributed by atoms with E-state index in [0.717, 1.165) is 50.9 Å². The average molecular weight is 398 g/mol. The molecule has 0 aromatic heterocycles. The van der Waals surface area contributed by atoms with Crippen molar-refractivity contribution in [1.82, 2.24) is 4.90 Å². The second kappa shape index (κ2) is 8.93. The Morgan fingerprint density at radius 1 is 1.07 bits per heavy atom. The van der Waals surface area contributed by atoms with Crippen LogP contribution >= 0.6 is 0 Å². The summed E-state index contributed by atoms with van der Waals surface area (Å²) in [5, 5.41) is 9.47. The fraction of sp³-hybridized carbons (Fsp3) is 0.435. The summed E-state index contributed by atoms with van der Waals surface area (Å²) in [7, 11) is 0. The summed E-state index contributed by atoms with van der Waals surface area (Å²) >= 11 is 0. The summed E-state index contributed by atoms with van der Waals surface area (Å²) in [6.07, 6.45) is 3.46. The lowest BCUT2D eigenvalue weighted by Crippen LogP contribution is -2.40. The van der Waals surface area contributed by atoms with Gasteiger partial charge < -0.3 is 19.6 Å². The number of aromatic hydroxyl groups is 1. The van der Waals surface area contributed by atoms with Crippen LogP contribution in [-0.2, 0) is 16.0 Å². The molecule has 0 saturated carbocycles. The number of phenols is 1. The van der Waals surface area contributed by atoms with Crippen LogP contribution in [0.25, 0.3) is 0 Å². The lowest BCUT2D eigenvalue weighted by Gasteiger charge is -2.33. The molecule has 4 rings (SSSR count). The Morgan fingerprint density at radius 2 is 1.76 bits per heavy atom. The molecule has 2 aliphatic heterocycles. The molecule has 2 saturated heterocycles. The third-order valence-electron chi connectivity index (χ3n) is 5.94. The smallest absolute Gasteiger partial charge is 0.187 e. The molecule has 0 aliphatic carbocycles. The molecule has 0 bridgehead atoms. The summed E-state index contributed by atoms with van der Waals surface area (Å²) in [5.41, 5.74) is 2.07. The Kier molecular flexibility index (Phi) is 6.11. The van der Waals surface area contributed by atoms with Gasteiger partial charge in [-0.3, -0.25) is 4.79 Å². The molecule has 2 aromatic carbocycles. The van der Waals surface area contributed by atoms with E-state index in [1.54, 1.807) is 24.3 Å². The van der Waals surface area contributed by atoms with Gasteiger partial charge in [0.2, 0.25) is 0 Å². The first-order valence-corrected chi connectivity index (χ1v) is 10.2. The molecular formula is C23H27FN2O3. The Hall–Kier alpha value is -2.44. The zero-order valence-corrected chi connectivity index (χ0v) is 16.4. The number of halogens is 1. The van der Waals surface area contributed by atoms with Crippen molar-refractivity contribution in [3.8, 4) is 5.75 Å². The van der Waals surface area contributed by atoms with Crippen molar-refractivity contribution in [3.63, 3.8) is 0 Å². The first-order valence-electron chi connectivity index (χ1n) is 10.2. The number of ether oxygens (including phenoxy) is 1. The average Bonchev–Trinajstić information content (AvgIpc) is 3.14. The number of anilines is 1. The predicted molar refractivity (Wildman–Crippen MR) is 109 cm³/mol. The number of benzene rings is 2. The Balaban J connectivity index is 1.27. The van der Waals surface area contributed by atoms with Crippen LogP contribution in [-0.4, -0.2) is 54.8 Å². The van der Waals surface area contributed by atoms with Crippen molar-refractivity contribution < 1.29 is 19.0 Å². The number of carbonyl (C=O) groups excluding carboxylic acids is 1. The monoisotopic (exact) mass is 398 g/mol. The van der Waals surface area contributed by atoms with Gasteiger partial charge in [0, 0.05) is 18.8 Å². The van der Waals surface area contributed by atoms with E-state index in [4.69, 9.17) is 4.74 Å². The van der Waals surface area contributed by atoms with Crippen LogP contribution in [0, 0.1) is 11.7 Å². The fourth-order valence-corrected chi connectivity index (χ4v) is 4.35. The first-order chi connectivity index (χ1) is 14.1. The normalized spacial score (nSPS) is 23.4. The third kappa shape index (κ3) is 4.95. The van der Waals surface area contributed by atoms with Gasteiger partial charge in [-0.05, 0) is 80.2 Å². The molecule has 2 aromatic rings. The number of phenolic OH excluding ortho intramolecular Hbond substituents is 1. The van der Waals surface area contributed by atoms with Crippen LogP contribution in [0.3, 0.4) is 0 Å². The van der Waals surface area contributed by atoms with Gasteiger partial charge in [-0.2, -0.15) is 0 Å². The van der Waals surface area contributed by atoms with Gasteiger partial charge >= 0.3 is 0 Å². The number of hydrogen-bond acceptors (Lipinski definition) is 5. The number of carbonyl (C=O) groups is 1. The molecule has 2 fully saturated rings. The van der Waals surface area contributed by atoms with E-state index in [1.165, 1.54) is 17.7 Å². The quantitative estimate of drug-likeness (QED) is 0.758. The highest BCUT2D eigenvalue weighted by Crippen LogP contribution is 2.27. The Labute approximate surface area is 170 Å². The fourth-order valence-electron chi connectivity index (χ4n) is 4.35. The molecule has 2 heterocycles. The minimum absolute atomic E-state index is 0.0207. The van der Waals surface area contributed by atoms with E-state index in [2.05, 4.69) is 4.90 Å². The largest absolute Gasteiger partial charge is 0.508 e. The predicted octanol–water partition coefficient (Wildman–Crippen LogP) is 3.22. The van der Waals surface area contributed by atoms with Gasteiger partial charge in [-0.1, -0.05) is 12.1 Å². The van der Waals surface area contributed by atoms with Gasteiger partial charge in [0.1, 0.15) is 11.6 Å². The van der Waals surface area contributed by atoms with E-state index < -0.39 is 6.23 Å². The first kappa shape index (κ1) is 19.9. The number of hydrogen-bond donors (Lipinski definition) is 1. The van der Waals surface area contributed by atoms with Crippen molar-refractivity contribution in [2.75, 3.05) is 31.1 Å². The van der Waals surface area contributed by atoms with Gasteiger partial charge in [-0.25, -0.2) is 4.39 Å². The molecular weight excluding hydrogens is 371 g/mol. The van der Waals surface area contributed by atoms with Gasteiger partial charge in [0.25, 0.3) is 0 Å². The van der Waals surface area contributed by atoms with Crippen LogP contribution in [0.15, 0.2) is 48.5 Å². The van der Waals surface area contributed by atoms with Crippen molar-refractivity contribution >= 4 is 12.0 Å². The lowest BCUT2D eigenvalue weighted by atomic mass is 9.90. The van der Waals surface area contributed by atoms with Crippen LogP contribution < -0.4 is 4.90 Å². The number of rotatable bonds is 6. The maximum atomic E-state index is 13.1. The van der Waals surface area contributed by atoms with Crippen LogP contribution in [0.4, 0.5) is 10.1 Å². The molecule has 0 spiro atoms. The van der Waals surface area contributed by atoms with Crippen molar-refractivity contribution in [3.05, 3.63) is 59.9 Å². The summed E-state index contributed by atoms with van der Waals surface area (Å²) in [5.74, 6) is 0.643. The summed E-state index contributed by atoms with van der Waals surface area (Å²) in [6, 6.07) is 13.7. The van der Waals surface area contributed by atoms with Crippen LogP contribution in [0.2, 0.25) is 0 Å². The van der Waals surface area contributed by atoms with Crippen LogP contribution in [0.5, 0.6) is 5.75 Å². The van der Waals surface area contributed by atoms with Gasteiger partial charge in [-0.15, -0.1) is 0 Å². The Bertz CT molecular complexity index is 804. The molecule has 5 nitrogen and oxygen atoms in total. The van der Waals surface area contributed by atoms with Crippen molar-refractivity contribution in [2.45, 2.75) is 31.6 Å². The minimum Gasteiger partial charge on any atom is -0.508 e. The number of likely N-dealkylation sites (tertiary alicyclic amines) is 1. The van der Waals surface area contributed by atoms with E-state index in [-0.39, 0.29) is 17.7 Å². The molecule has 2 aliphatic rings. The molecule has 0 radical (unpaired) electrons. The molecule has 0 amide bonds. The van der Waals surface area contributed by atoms with Crippen LogP contribution in [0.1, 0.15) is 18.4 Å². The SMILES string of the molecule is O=CC1O[C@@H](CN2CCC(Cc3ccc(F)cc3)CC2)CN1c1ccc(O)cc1. The summed E-state index contributed by atoms with van der Waals surface area (Å²) < 4.78 is 19.0. The molecule has 6 heteroatoms. The number of nitrogens with zero attached hydrogens (tertiary/aromatic N) is 2. The standard InChI is InChI=1S/C23H27FN2O3/c24-19-3-1-17(2-4-19)13-18-9-11-25(12-10-18)14-22-15-26(23(16-27)29-22)20-5-7-21(28)8-6-20/h1-8,16,18,22-23,28H,9-15H2/t22-,23?/m0/s1. The second-order valence-electron chi connectivity index (χ2n) is 8.03. The third-order valence-corrected chi connectivity index (χ3v) is 5.94. The van der Waals surface area contributed by atoms with Gasteiger partial charge in [0.15, 0.2) is 12.5 Å². The molecule has 2 atom stereocenters. The summed E-state index contributed by atoms with van der Waals surface area (Å²) in [4.78, 5) is 15.8. The van der Waals surface area contributed by atoms with Crippen molar-refractivity contribution in [2.24, 2.45) is 5.92 Å². The zero-order chi connectivity index (χ0) is 20.2. The number of piperidine rings is 1. The number of aldehydes is 1. The maximum Gasteiger partial charge on any atom is 0.187 e. The second-order valence-corrected chi connectivity index (χ2v) is 8.03. The van der Waals surface area contributed by atoms with E-state index in [1.807, 2.05) is 17.0 Å². The van der Waals surface area contributed by atoms with E-state index in [9.17, 15) is 14.3 Å². The Morgan fingerprint density at radius 3 is 2.41 bits per heavy atom. The molecule has 154 valence electrons. The highest BCUT2D eigenvalue weighted by Gasteiger charge is 2.34.